The lowest BCUT2D eigenvalue weighted by Gasteiger charge is -2.29. The Labute approximate surface area is 136 Å². The first-order chi connectivity index (χ1) is 10.7. The molecule has 0 radical (unpaired) electrons. The number of hydrogen-bond donors (Lipinski definition) is 1. The van der Waals surface area contributed by atoms with Crippen LogP contribution in [0.4, 0.5) is 5.82 Å². The zero-order valence-corrected chi connectivity index (χ0v) is 13.6. The molecule has 0 spiro atoms. The average molecular weight is 317 g/mol. The molecule has 0 aliphatic carbocycles. The van der Waals surface area contributed by atoms with Crippen molar-refractivity contribution in [2.45, 2.75) is 25.2 Å². The summed E-state index contributed by atoms with van der Waals surface area (Å²) in [5, 5.41) is 9.24. The van der Waals surface area contributed by atoms with Crippen molar-refractivity contribution in [3.8, 4) is 5.69 Å². The van der Waals surface area contributed by atoms with Crippen LogP contribution in [0.3, 0.4) is 0 Å². The molecule has 1 saturated heterocycles. The van der Waals surface area contributed by atoms with Crippen LogP contribution in [0.5, 0.6) is 0 Å². The second kappa shape index (κ2) is 5.60. The van der Waals surface area contributed by atoms with Crippen LogP contribution in [-0.2, 0) is 6.42 Å². The summed E-state index contributed by atoms with van der Waals surface area (Å²) in [5.74, 6) is 1.73. The summed E-state index contributed by atoms with van der Waals surface area (Å²) < 4.78 is 2.06. The van der Waals surface area contributed by atoms with Crippen LogP contribution in [-0.4, -0.2) is 41.4 Å². The van der Waals surface area contributed by atoms with Gasteiger partial charge in [0.1, 0.15) is 5.82 Å². The van der Waals surface area contributed by atoms with Gasteiger partial charge in [0, 0.05) is 29.6 Å². The van der Waals surface area contributed by atoms with Gasteiger partial charge in [-0.3, -0.25) is 0 Å². The molecule has 2 aromatic rings. The lowest BCUT2D eigenvalue weighted by atomic mass is 9.92. The van der Waals surface area contributed by atoms with E-state index in [1.165, 1.54) is 36.5 Å². The molecule has 4 nitrogen and oxygen atoms in total. The standard InChI is InChI=1S/C17H21ClN4/c1-21-10-2-3-12(11-21)16-15-8-9-19-17(15)22(20-16)14-6-4-13(18)5-7-14/h4-7,12,19H,2-3,8-11H2,1H3. The topological polar surface area (TPSA) is 33.1 Å². The maximum absolute atomic E-state index is 6.01. The third kappa shape index (κ3) is 2.40. The van der Waals surface area contributed by atoms with Gasteiger partial charge in [0.2, 0.25) is 0 Å². The molecule has 0 saturated carbocycles. The second-order valence-corrected chi connectivity index (χ2v) is 6.82. The molecule has 3 heterocycles. The van der Waals surface area contributed by atoms with Gasteiger partial charge in [-0.05, 0) is 57.1 Å². The van der Waals surface area contributed by atoms with Gasteiger partial charge in [-0.25, -0.2) is 4.68 Å². The van der Waals surface area contributed by atoms with Gasteiger partial charge >= 0.3 is 0 Å². The number of anilines is 1. The predicted molar refractivity (Wildman–Crippen MR) is 90.2 cm³/mol. The zero-order valence-electron chi connectivity index (χ0n) is 12.8. The normalized spacial score (nSPS) is 21.6. The largest absolute Gasteiger partial charge is 0.369 e. The Morgan fingerprint density at radius 1 is 1.27 bits per heavy atom. The number of likely N-dealkylation sites (tertiary alicyclic amines) is 1. The molecule has 1 aromatic carbocycles. The number of aromatic nitrogens is 2. The number of benzene rings is 1. The van der Waals surface area contributed by atoms with E-state index in [1.54, 1.807) is 0 Å². The third-order valence-electron chi connectivity index (χ3n) is 4.76. The quantitative estimate of drug-likeness (QED) is 0.923. The van der Waals surface area contributed by atoms with Crippen molar-refractivity contribution in [2.75, 3.05) is 32.0 Å². The highest BCUT2D eigenvalue weighted by molar-refractivity contribution is 6.30. The lowest BCUT2D eigenvalue weighted by molar-refractivity contribution is 0.247. The number of piperidine rings is 1. The van der Waals surface area contributed by atoms with E-state index in [9.17, 15) is 0 Å². The third-order valence-corrected chi connectivity index (χ3v) is 5.02. The van der Waals surface area contributed by atoms with Crippen molar-refractivity contribution in [2.24, 2.45) is 0 Å². The molecule has 0 amide bonds. The SMILES string of the molecule is CN1CCCC(c2nn(-c3ccc(Cl)cc3)c3c2CCN3)C1. The molecule has 2 aliphatic heterocycles. The van der Waals surface area contributed by atoms with E-state index in [4.69, 9.17) is 16.7 Å². The minimum absolute atomic E-state index is 0.556. The van der Waals surface area contributed by atoms with E-state index in [2.05, 4.69) is 21.9 Å². The smallest absolute Gasteiger partial charge is 0.133 e. The van der Waals surface area contributed by atoms with Crippen LogP contribution < -0.4 is 5.32 Å². The van der Waals surface area contributed by atoms with E-state index in [0.717, 1.165) is 30.2 Å². The Kier molecular flexibility index (Phi) is 3.59. The summed E-state index contributed by atoms with van der Waals surface area (Å²) in [7, 11) is 2.21. The number of rotatable bonds is 2. The summed E-state index contributed by atoms with van der Waals surface area (Å²) in [6.45, 7) is 3.33. The Balaban J connectivity index is 1.74. The molecule has 4 rings (SSSR count). The molecule has 2 aliphatic rings. The Morgan fingerprint density at radius 2 is 2.09 bits per heavy atom. The molecular weight excluding hydrogens is 296 g/mol. The van der Waals surface area contributed by atoms with Gasteiger partial charge < -0.3 is 10.2 Å². The summed E-state index contributed by atoms with van der Waals surface area (Å²) in [5.41, 5.74) is 3.78. The van der Waals surface area contributed by atoms with E-state index < -0.39 is 0 Å². The number of nitrogens with zero attached hydrogens (tertiary/aromatic N) is 3. The van der Waals surface area contributed by atoms with E-state index in [0.29, 0.717) is 5.92 Å². The van der Waals surface area contributed by atoms with Crippen molar-refractivity contribution < 1.29 is 0 Å². The molecular formula is C17H21ClN4. The number of likely N-dealkylation sites (N-methyl/N-ethyl adjacent to an activating group) is 1. The van der Waals surface area contributed by atoms with Gasteiger partial charge in [-0.15, -0.1) is 0 Å². The zero-order chi connectivity index (χ0) is 15.1. The van der Waals surface area contributed by atoms with Crippen LogP contribution in [0.15, 0.2) is 24.3 Å². The van der Waals surface area contributed by atoms with Gasteiger partial charge in [-0.1, -0.05) is 11.6 Å². The Bertz CT molecular complexity index is 677. The Morgan fingerprint density at radius 3 is 2.86 bits per heavy atom. The molecule has 116 valence electrons. The first-order valence-corrected chi connectivity index (χ1v) is 8.40. The van der Waals surface area contributed by atoms with Crippen molar-refractivity contribution in [1.29, 1.82) is 0 Å². The minimum atomic E-state index is 0.556. The maximum Gasteiger partial charge on any atom is 0.133 e. The number of nitrogens with one attached hydrogen (secondary N) is 1. The minimum Gasteiger partial charge on any atom is -0.369 e. The molecule has 0 bridgehead atoms. The van der Waals surface area contributed by atoms with Crippen LogP contribution in [0.25, 0.3) is 5.69 Å². The first-order valence-electron chi connectivity index (χ1n) is 8.02. The van der Waals surface area contributed by atoms with Crippen LogP contribution >= 0.6 is 11.6 Å². The fraction of sp³-hybridized carbons (Fsp3) is 0.471. The predicted octanol–water partition coefficient (Wildman–Crippen LogP) is 3.30. The van der Waals surface area contributed by atoms with Crippen LogP contribution in [0.2, 0.25) is 5.02 Å². The van der Waals surface area contributed by atoms with Crippen LogP contribution in [0.1, 0.15) is 30.0 Å². The van der Waals surface area contributed by atoms with Crippen LogP contribution in [0, 0.1) is 0 Å². The highest BCUT2D eigenvalue weighted by Crippen LogP contribution is 2.36. The lowest BCUT2D eigenvalue weighted by Crippen LogP contribution is -2.31. The maximum atomic E-state index is 6.01. The summed E-state index contributed by atoms with van der Waals surface area (Å²) in [4.78, 5) is 2.42. The number of halogens is 1. The van der Waals surface area contributed by atoms with Crippen molar-refractivity contribution in [1.82, 2.24) is 14.7 Å². The highest BCUT2D eigenvalue weighted by atomic mass is 35.5. The summed E-state index contributed by atoms with van der Waals surface area (Å²) >= 11 is 6.01. The monoisotopic (exact) mass is 316 g/mol. The second-order valence-electron chi connectivity index (χ2n) is 6.38. The first kappa shape index (κ1) is 14.1. The average Bonchev–Trinajstić information content (AvgIpc) is 3.10. The summed E-state index contributed by atoms with van der Waals surface area (Å²) in [6, 6.07) is 7.92. The van der Waals surface area contributed by atoms with E-state index in [1.807, 2.05) is 24.3 Å². The molecule has 1 unspecified atom stereocenters. The van der Waals surface area contributed by atoms with Gasteiger partial charge in [0.15, 0.2) is 0 Å². The molecule has 1 fully saturated rings. The summed E-state index contributed by atoms with van der Waals surface area (Å²) in [6.07, 6.45) is 3.59. The van der Waals surface area contributed by atoms with Gasteiger partial charge in [-0.2, -0.15) is 5.10 Å². The molecule has 5 heteroatoms. The van der Waals surface area contributed by atoms with Gasteiger partial charge in [0.05, 0.1) is 11.4 Å². The molecule has 1 atom stereocenters. The van der Waals surface area contributed by atoms with Crippen molar-refractivity contribution in [3.63, 3.8) is 0 Å². The highest BCUT2D eigenvalue weighted by Gasteiger charge is 2.29. The fourth-order valence-electron chi connectivity index (χ4n) is 3.69. The molecule has 1 N–H and O–H groups in total. The van der Waals surface area contributed by atoms with E-state index >= 15 is 0 Å². The molecule has 1 aromatic heterocycles. The number of fused-ring (bicyclic) bond motifs is 1. The number of hydrogen-bond acceptors (Lipinski definition) is 3. The molecule has 22 heavy (non-hydrogen) atoms. The Hall–Kier alpha value is -1.52. The van der Waals surface area contributed by atoms with Crippen molar-refractivity contribution >= 4 is 17.4 Å². The fourth-order valence-corrected chi connectivity index (χ4v) is 3.81. The van der Waals surface area contributed by atoms with Gasteiger partial charge in [0.25, 0.3) is 0 Å². The van der Waals surface area contributed by atoms with Crippen molar-refractivity contribution in [3.05, 3.63) is 40.5 Å². The van der Waals surface area contributed by atoms with E-state index in [-0.39, 0.29) is 0 Å².